The van der Waals surface area contributed by atoms with Crippen LogP contribution < -0.4 is 14.8 Å². The van der Waals surface area contributed by atoms with Crippen molar-refractivity contribution in [3.63, 3.8) is 0 Å². The lowest BCUT2D eigenvalue weighted by Gasteiger charge is -2.14. The van der Waals surface area contributed by atoms with Crippen molar-refractivity contribution in [3.05, 3.63) is 76.5 Å². The summed E-state index contributed by atoms with van der Waals surface area (Å²) in [6.45, 7) is 1.58. The van der Waals surface area contributed by atoms with Crippen LogP contribution >= 0.6 is 11.3 Å². The fraction of sp³-hybridized carbons (Fsp3) is 0.0952. The highest BCUT2D eigenvalue weighted by Crippen LogP contribution is 2.19. The van der Waals surface area contributed by atoms with E-state index in [4.69, 9.17) is 14.7 Å². The third kappa shape index (κ3) is 4.96. The molecule has 0 spiro atoms. The van der Waals surface area contributed by atoms with Gasteiger partial charge in [0.1, 0.15) is 11.5 Å². The average Bonchev–Trinajstić information content (AvgIpc) is 3.25. The molecule has 0 saturated carbocycles. The Bertz CT molecular complexity index is 990. The van der Waals surface area contributed by atoms with Gasteiger partial charge in [-0.05, 0) is 66.9 Å². The van der Waals surface area contributed by atoms with Crippen LogP contribution in [0.15, 0.2) is 66.0 Å². The average molecular weight is 392 g/mol. The van der Waals surface area contributed by atoms with Gasteiger partial charge in [0.2, 0.25) is 0 Å². The monoisotopic (exact) mass is 392 g/mol. The molecule has 0 saturated heterocycles. The maximum absolute atomic E-state index is 12.2. The number of anilines is 1. The molecule has 6 nitrogen and oxygen atoms in total. The quantitative estimate of drug-likeness (QED) is 0.501. The summed E-state index contributed by atoms with van der Waals surface area (Å²) in [5.41, 5.74) is 1.11. The van der Waals surface area contributed by atoms with Gasteiger partial charge in [-0.1, -0.05) is 6.07 Å². The molecule has 28 heavy (non-hydrogen) atoms. The number of rotatable bonds is 6. The molecule has 0 bridgehead atoms. The van der Waals surface area contributed by atoms with Crippen LogP contribution in [0.1, 0.15) is 22.2 Å². The van der Waals surface area contributed by atoms with E-state index in [1.165, 1.54) is 11.3 Å². The van der Waals surface area contributed by atoms with E-state index in [0.29, 0.717) is 27.6 Å². The highest BCUT2D eigenvalue weighted by atomic mass is 32.1. The number of amides is 1. The molecule has 1 N–H and O–H groups in total. The molecule has 0 radical (unpaired) electrons. The second kappa shape index (κ2) is 8.84. The molecule has 3 rings (SSSR count). The maximum atomic E-state index is 12.2. The van der Waals surface area contributed by atoms with Crippen molar-refractivity contribution in [2.75, 3.05) is 5.32 Å². The first kappa shape index (κ1) is 19.1. The summed E-state index contributed by atoms with van der Waals surface area (Å²) in [6, 6.07) is 18.5. The summed E-state index contributed by atoms with van der Waals surface area (Å²) in [7, 11) is 0. The third-order valence-corrected chi connectivity index (χ3v) is 4.57. The van der Waals surface area contributed by atoms with E-state index in [9.17, 15) is 9.59 Å². The number of esters is 1. The summed E-state index contributed by atoms with van der Waals surface area (Å²) >= 11 is 1.36. The van der Waals surface area contributed by atoms with Gasteiger partial charge in [0.05, 0.1) is 16.5 Å². The number of carbonyl (C=O) groups is 2. The van der Waals surface area contributed by atoms with Gasteiger partial charge in [0.15, 0.2) is 6.10 Å². The predicted octanol–water partition coefficient (Wildman–Crippen LogP) is 4.24. The first-order valence-corrected chi connectivity index (χ1v) is 9.26. The topological polar surface area (TPSA) is 88.4 Å². The molecule has 2 aromatic carbocycles. The minimum atomic E-state index is -0.828. The van der Waals surface area contributed by atoms with E-state index in [1.807, 2.05) is 17.5 Å². The van der Waals surface area contributed by atoms with Gasteiger partial charge in [-0.3, -0.25) is 4.79 Å². The summed E-state index contributed by atoms with van der Waals surface area (Å²) < 4.78 is 10.8. The molecule has 0 aliphatic heterocycles. The Morgan fingerprint density at radius 3 is 2.32 bits per heavy atom. The molecule has 140 valence electrons. The Kier molecular flexibility index (Phi) is 6.04. The number of thiophene rings is 1. The van der Waals surface area contributed by atoms with E-state index >= 15 is 0 Å². The van der Waals surface area contributed by atoms with E-state index in [2.05, 4.69) is 5.32 Å². The van der Waals surface area contributed by atoms with Crippen molar-refractivity contribution in [2.45, 2.75) is 13.0 Å². The fourth-order valence-corrected chi connectivity index (χ4v) is 2.89. The van der Waals surface area contributed by atoms with Crippen LogP contribution in [-0.4, -0.2) is 18.0 Å². The van der Waals surface area contributed by atoms with E-state index in [-0.39, 0.29) is 5.91 Å². The Labute approximate surface area is 166 Å². The SMILES string of the molecule is CC(Oc1ccc(C#N)cc1)C(=O)Oc1ccc(NC(=O)c2cccs2)cc1. The molecule has 1 unspecified atom stereocenters. The second-order valence-corrected chi connectivity index (χ2v) is 6.72. The second-order valence-electron chi connectivity index (χ2n) is 5.77. The number of hydrogen-bond donors (Lipinski definition) is 1. The Morgan fingerprint density at radius 2 is 1.71 bits per heavy atom. The standard InChI is InChI=1S/C21H16N2O4S/c1-14(26-17-8-4-15(13-22)5-9-17)21(25)27-18-10-6-16(7-11-18)23-20(24)19-3-2-12-28-19/h2-12,14H,1H3,(H,23,24). The zero-order valence-electron chi connectivity index (χ0n) is 14.9. The van der Waals surface area contributed by atoms with Crippen LogP contribution in [0.2, 0.25) is 0 Å². The van der Waals surface area contributed by atoms with Crippen LogP contribution in [0.25, 0.3) is 0 Å². The molecule has 1 heterocycles. The van der Waals surface area contributed by atoms with Gasteiger partial charge in [0.25, 0.3) is 5.91 Å². The smallest absolute Gasteiger partial charge is 0.352 e. The molecule has 0 aliphatic rings. The minimum absolute atomic E-state index is 0.191. The number of carbonyl (C=O) groups excluding carboxylic acids is 2. The summed E-state index contributed by atoms with van der Waals surface area (Å²) in [6.07, 6.45) is -0.828. The third-order valence-electron chi connectivity index (χ3n) is 3.70. The van der Waals surface area contributed by atoms with Gasteiger partial charge in [-0.25, -0.2) is 4.79 Å². The van der Waals surface area contributed by atoms with Gasteiger partial charge < -0.3 is 14.8 Å². The van der Waals surface area contributed by atoms with Crippen LogP contribution in [-0.2, 0) is 4.79 Å². The number of hydrogen-bond acceptors (Lipinski definition) is 6. The highest BCUT2D eigenvalue weighted by molar-refractivity contribution is 7.12. The molecule has 0 aliphatic carbocycles. The number of nitriles is 1. The normalized spacial score (nSPS) is 11.1. The summed E-state index contributed by atoms with van der Waals surface area (Å²) in [5.74, 6) is 0.0633. The number of nitrogens with one attached hydrogen (secondary N) is 1. The van der Waals surface area contributed by atoms with Crippen molar-refractivity contribution in [1.82, 2.24) is 0 Å². The lowest BCUT2D eigenvalue weighted by atomic mass is 10.2. The number of ether oxygens (including phenoxy) is 2. The summed E-state index contributed by atoms with van der Waals surface area (Å²) in [4.78, 5) is 24.8. The van der Waals surface area contributed by atoms with Crippen molar-refractivity contribution in [3.8, 4) is 17.6 Å². The van der Waals surface area contributed by atoms with Gasteiger partial charge in [-0.15, -0.1) is 11.3 Å². The Hall–Kier alpha value is -3.63. The molecule has 1 aromatic heterocycles. The molecule has 7 heteroatoms. The lowest BCUT2D eigenvalue weighted by Crippen LogP contribution is -2.28. The van der Waals surface area contributed by atoms with Crippen LogP contribution in [0.3, 0.4) is 0 Å². The minimum Gasteiger partial charge on any atom is -0.479 e. The fourth-order valence-electron chi connectivity index (χ4n) is 2.27. The van der Waals surface area contributed by atoms with Crippen LogP contribution in [0, 0.1) is 11.3 Å². The molecular formula is C21H16N2O4S. The Balaban J connectivity index is 1.54. The molecule has 3 aromatic rings. The lowest BCUT2D eigenvalue weighted by molar-refractivity contribution is -0.141. The largest absolute Gasteiger partial charge is 0.479 e. The zero-order valence-corrected chi connectivity index (χ0v) is 15.7. The Morgan fingerprint density at radius 1 is 1.04 bits per heavy atom. The van der Waals surface area contributed by atoms with Gasteiger partial charge >= 0.3 is 5.97 Å². The first-order chi connectivity index (χ1) is 13.5. The maximum Gasteiger partial charge on any atom is 0.352 e. The van der Waals surface area contributed by atoms with Crippen LogP contribution in [0.5, 0.6) is 11.5 Å². The zero-order chi connectivity index (χ0) is 19.9. The van der Waals surface area contributed by atoms with Crippen molar-refractivity contribution < 1.29 is 19.1 Å². The van der Waals surface area contributed by atoms with Gasteiger partial charge in [0, 0.05) is 5.69 Å². The van der Waals surface area contributed by atoms with E-state index in [1.54, 1.807) is 61.5 Å². The van der Waals surface area contributed by atoms with Crippen molar-refractivity contribution in [2.24, 2.45) is 0 Å². The molecule has 0 fully saturated rings. The molecule has 1 atom stereocenters. The van der Waals surface area contributed by atoms with E-state index in [0.717, 1.165) is 0 Å². The van der Waals surface area contributed by atoms with Crippen LogP contribution in [0.4, 0.5) is 5.69 Å². The summed E-state index contributed by atoms with van der Waals surface area (Å²) in [5, 5.41) is 13.4. The first-order valence-electron chi connectivity index (χ1n) is 8.38. The van der Waals surface area contributed by atoms with Crippen molar-refractivity contribution in [1.29, 1.82) is 5.26 Å². The number of nitrogens with zero attached hydrogens (tertiary/aromatic N) is 1. The molecular weight excluding hydrogens is 376 g/mol. The van der Waals surface area contributed by atoms with Gasteiger partial charge in [-0.2, -0.15) is 5.26 Å². The van der Waals surface area contributed by atoms with E-state index < -0.39 is 12.1 Å². The number of benzene rings is 2. The predicted molar refractivity (Wildman–Crippen MR) is 106 cm³/mol. The highest BCUT2D eigenvalue weighted by Gasteiger charge is 2.17. The van der Waals surface area contributed by atoms with Crippen molar-refractivity contribution >= 4 is 28.9 Å². The molecule has 1 amide bonds.